The SMILES string of the molecule is CCOC(C)(C)C(O)Cc1nc2ccccc2n1CC. The number of aromatic nitrogens is 2. The van der Waals surface area contributed by atoms with Crippen LogP contribution >= 0.6 is 0 Å². The summed E-state index contributed by atoms with van der Waals surface area (Å²) in [7, 11) is 0. The Morgan fingerprint density at radius 1 is 1.30 bits per heavy atom. The van der Waals surface area contributed by atoms with E-state index in [1.165, 1.54) is 0 Å². The summed E-state index contributed by atoms with van der Waals surface area (Å²) in [6.45, 7) is 9.31. The Morgan fingerprint density at radius 2 is 2.00 bits per heavy atom. The van der Waals surface area contributed by atoms with Crippen LogP contribution in [-0.2, 0) is 17.7 Å². The minimum atomic E-state index is -0.579. The van der Waals surface area contributed by atoms with Gasteiger partial charge in [-0.25, -0.2) is 4.98 Å². The maximum absolute atomic E-state index is 10.4. The van der Waals surface area contributed by atoms with E-state index in [0.29, 0.717) is 13.0 Å². The topological polar surface area (TPSA) is 47.3 Å². The van der Waals surface area contributed by atoms with Crippen molar-refractivity contribution in [3.8, 4) is 0 Å². The zero-order valence-corrected chi connectivity index (χ0v) is 12.8. The minimum Gasteiger partial charge on any atom is -0.390 e. The van der Waals surface area contributed by atoms with E-state index in [9.17, 15) is 5.11 Å². The van der Waals surface area contributed by atoms with Gasteiger partial charge in [0.15, 0.2) is 0 Å². The number of aliphatic hydroxyl groups is 1. The molecule has 2 aromatic rings. The molecule has 0 fully saturated rings. The Bertz CT molecular complexity index is 575. The van der Waals surface area contributed by atoms with Gasteiger partial charge in [-0.1, -0.05) is 12.1 Å². The normalized spacial score (nSPS) is 13.8. The van der Waals surface area contributed by atoms with E-state index in [1.54, 1.807) is 0 Å². The molecule has 0 saturated carbocycles. The van der Waals surface area contributed by atoms with Crippen molar-refractivity contribution < 1.29 is 9.84 Å². The summed E-state index contributed by atoms with van der Waals surface area (Å²) in [5.41, 5.74) is 1.53. The number of benzene rings is 1. The third-order valence-corrected chi connectivity index (χ3v) is 3.74. The molecule has 0 aliphatic carbocycles. The molecule has 1 aromatic heterocycles. The number of para-hydroxylation sites is 2. The largest absolute Gasteiger partial charge is 0.390 e. The molecule has 0 aliphatic heterocycles. The summed E-state index contributed by atoms with van der Waals surface area (Å²) in [5.74, 6) is 0.911. The summed E-state index contributed by atoms with van der Waals surface area (Å²) in [6, 6.07) is 8.07. The van der Waals surface area contributed by atoms with Gasteiger partial charge in [0.05, 0.1) is 22.7 Å². The first-order chi connectivity index (χ1) is 9.49. The zero-order valence-electron chi connectivity index (χ0n) is 12.8. The lowest BCUT2D eigenvalue weighted by Gasteiger charge is -2.30. The Kier molecular flexibility index (Phi) is 4.45. The number of nitrogens with zero attached hydrogens (tertiary/aromatic N) is 2. The van der Waals surface area contributed by atoms with Crippen molar-refractivity contribution >= 4 is 11.0 Å². The predicted molar refractivity (Wildman–Crippen MR) is 80.8 cm³/mol. The third kappa shape index (κ3) is 2.86. The first-order valence-corrected chi connectivity index (χ1v) is 7.25. The van der Waals surface area contributed by atoms with Crippen molar-refractivity contribution in [3.05, 3.63) is 30.1 Å². The van der Waals surface area contributed by atoms with Gasteiger partial charge in [0.1, 0.15) is 5.82 Å². The molecule has 1 heterocycles. The first-order valence-electron chi connectivity index (χ1n) is 7.25. The standard InChI is InChI=1S/C16H24N2O2/c1-5-18-13-10-8-7-9-12(13)17-15(18)11-14(19)16(3,4)20-6-2/h7-10,14,19H,5-6,11H2,1-4H3. The molecular weight excluding hydrogens is 252 g/mol. The first kappa shape index (κ1) is 15.0. The molecule has 110 valence electrons. The van der Waals surface area contributed by atoms with Crippen LogP contribution in [0.1, 0.15) is 33.5 Å². The Labute approximate surface area is 120 Å². The van der Waals surface area contributed by atoms with Crippen molar-refractivity contribution in [2.24, 2.45) is 0 Å². The van der Waals surface area contributed by atoms with Gasteiger partial charge in [0, 0.05) is 19.6 Å². The molecule has 4 heteroatoms. The highest BCUT2D eigenvalue weighted by Crippen LogP contribution is 2.22. The van der Waals surface area contributed by atoms with Crippen molar-refractivity contribution in [1.82, 2.24) is 9.55 Å². The van der Waals surface area contributed by atoms with Crippen LogP contribution in [0.2, 0.25) is 0 Å². The fraction of sp³-hybridized carbons (Fsp3) is 0.562. The molecule has 1 unspecified atom stereocenters. The summed E-state index contributed by atoms with van der Waals surface area (Å²) in [5, 5.41) is 10.4. The van der Waals surface area contributed by atoms with Crippen LogP contribution in [-0.4, -0.2) is 33.0 Å². The Hall–Kier alpha value is -1.39. The average Bonchev–Trinajstić information content (AvgIpc) is 2.75. The van der Waals surface area contributed by atoms with Gasteiger partial charge in [0.2, 0.25) is 0 Å². The fourth-order valence-corrected chi connectivity index (χ4v) is 2.52. The van der Waals surface area contributed by atoms with E-state index in [-0.39, 0.29) is 0 Å². The average molecular weight is 276 g/mol. The molecule has 0 aliphatic rings. The highest BCUT2D eigenvalue weighted by atomic mass is 16.5. The number of hydrogen-bond donors (Lipinski definition) is 1. The number of rotatable bonds is 6. The van der Waals surface area contributed by atoms with E-state index < -0.39 is 11.7 Å². The van der Waals surface area contributed by atoms with Crippen LogP contribution in [0.5, 0.6) is 0 Å². The maximum Gasteiger partial charge on any atom is 0.112 e. The van der Waals surface area contributed by atoms with E-state index in [0.717, 1.165) is 23.4 Å². The number of aliphatic hydroxyl groups excluding tert-OH is 1. The number of imidazole rings is 1. The number of hydrogen-bond acceptors (Lipinski definition) is 3. The molecule has 0 radical (unpaired) electrons. The van der Waals surface area contributed by atoms with Crippen molar-refractivity contribution in [3.63, 3.8) is 0 Å². The number of fused-ring (bicyclic) bond motifs is 1. The van der Waals surface area contributed by atoms with Gasteiger partial charge in [-0.15, -0.1) is 0 Å². The summed E-state index contributed by atoms with van der Waals surface area (Å²) in [6.07, 6.45) is -0.0836. The lowest BCUT2D eigenvalue weighted by Crippen LogP contribution is -2.41. The lowest BCUT2D eigenvalue weighted by molar-refractivity contribution is -0.0962. The van der Waals surface area contributed by atoms with Gasteiger partial charge in [-0.05, 0) is 39.8 Å². The maximum atomic E-state index is 10.4. The molecular formula is C16H24N2O2. The Morgan fingerprint density at radius 3 is 2.65 bits per heavy atom. The minimum absolute atomic E-state index is 0.496. The quantitative estimate of drug-likeness (QED) is 0.882. The van der Waals surface area contributed by atoms with Crippen LogP contribution in [0.4, 0.5) is 0 Å². The van der Waals surface area contributed by atoms with Crippen LogP contribution in [0.3, 0.4) is 0 Å². The zero-order chi connectivity index (χ0) is 14.8. The smallest absolute Gasteiger partial charge is 0.112 e. The highest BCUT2D eigenvalue weighted by Gasteiger charge is 2.29. The second kappa shape index (κ2) is 5.94. The van der Waals surface area contributed by atoms with Gasteiger partial charge in [0.25, 0.3) is 0 Å². The van der Waals surface area contributed by atoms with Crippen molar-refractivity contribution in [1.29, 1.82) is 0 Å². The van der Waals surface area contributed by atoms with E-state index >= 15 is 0 Å². The second-order valence-corrected chi connectivity index (χ2v) is 5.52. The number of ether oxygens (including phenoxy) is 1. The predicted octanol–water partition coefficient (Wildman–Crippen LogP) is 2.77. The monoisotopic (exact) mass is 276 g/mol. The molecule has 0 amide bonds. The summed E-state index contributed by atoms with van der Waals surface area (Å²) >= 11 is 0. The van der Waals surface area contributed by atoms with Gasteiger partial charge in [-0.3, -0.25) is 0 Å². The fourth-order valence-electron chi connectivity index (χ4n) is 2.52. The molecule has 4 nitrogen and oxygen atoms in total. The Balaban J connectivity index is 2.29. The molecule has 2 rings (SSSR count). The molecule has 0 saturated heterocycles. The van der Waals surface area contributed by atoms with Gasteiger partial charge < -0.3 is 14.4 Å². The van der Waals surface area contributed by atoms with E-state index in [1.807, 2.05) is 39.0 Å². The molecule has 1 N–H and O–H groups in total. The van der Waals surface area contributed by atoms with Crippen molar-refractivity contribution in [2.75, 3.05) is 6.61 Å². The van der Waals surface area contributed by atoms with Crippen LogP contribution in [0.15, 0.2) is 24.3 Å². The molecule has 1 aromatic carbocycles. The van der Waals surface area contributed by atoms with Crippen LogP contribution < -0.4 is 0 Å². The molecule has 0 spiro atoms. The third-order valence-electron chi connectivity index (χ3n) is 3.74. The van der Waals surface area contributed by atoms with Crippen LogP contribution in [0.25, 0.3) is 11.0 Å². The molecule has 1 atom stereocenters. The second-order valence-electron chi connectivity index (χ2n) is 5.52. The van der Waals surface area contributed by atoms with Crippen molar-refractivity contribution in [2.45, 2.75) is 52.4 Å². The highest BCUT2D eigenvalue weighted by molar-refractivity contribution is 5.75. The molecule has 0 bridgehead atoms. The van der Waals surface area contributed by atoms with E-state index in [2.05, 4.69) is 22.5 Å². The summed E-state index contributed by atoms with van der Waals surface area (Å²) < 4.78 is 7.78. The van der Waals surface area contributed by atoms with Gasteiger partial charge >= 0.3 is 0 Å². The van der Waals surface area contributed by atoms with Gasteiger partial charge in [-0.2, -0.15) is 0 Å². The van der Waals surface area contributed by atoms with Crippen LogP contribution in [0, 0.1) is 0 Å². The summed E-state index contributed by atoms with van der Waals surface area (Å²) in [4.78, 5) is 4.64. The lowest BCUT2D eigenvalue weighted by atomic mass is 9.98. The van der Waals surface area contributed by atoms with E-state index in [4.69, 9.17) is 4.74 Å². The number of aryl methyl sites for hydroxylation is 1. The molecule has 20 heavy (non-hydrogen) atoms.